The Morgan fingerprint density at radius 1 is 0.976 bits per heavy atom. The number of aryl methyl sites for hydroxylation is 1. The Kier molecular flexibility index (Phi) is 9.70. The third-order valence-corrected chi connectivity index (χ3v) is 8.57. The molecule has 2 heterocycles. The summed E-state index contributed by atoms with van der Waals surface area (Å²) in [5, 5.41) is 65.4. The second-order valence-electron chi connectivity index (χ2n) is 10.0. The molecule has 14 heteroatoms. The van der Waals surface area contributed by atoms with Gasteiger partial charge < -0.3 is 46.2 Å². The first-order valence-corrected chi connectivity index (χ1v) is 15.7. The predicted molar refractivity (Wildman–Crippen MR) is 160 cm³/mol. The molecule has 8 N–H and O–H groups in total. The fourth-order valence-corrected chi connectivity index (χ4v) is 6.13. The largest absolute Gasteiger partial charge is 0.371 e. The average Bonchev–Trinajstić information content (AvgIpc) is 2.90. The fourth-order valence-electron chi connectivity index (χ4n) is 5.00. The molecule has 1 aliphatic heterocycles. The van der Waals surface area contributed by atoms with Gasteiger partial charge >= 0.3 is 12.2 Å². The van der Waals surface area contributed by atoms with Gasteiger partial charge in [0, 0.05) is 36.2 Å². The van der Waals surface area contributed by atoms with E-state index in [2.05, 4.69) is 40.0 Å². The number of piperidine rings is 1. The molecule has 41 heavy (non-hydrogen) atoms. The van der Waals surface area contributed by atoms with Gasteiger partial charge in [0.05, 0.1) is 6.20 Å². The molecule has 0 saturated carbocycles. The number of aliphatic hydroxyl groups is 6. The molecule has 1 aromatic heterocycles. The van der Waals surface area contributed by atoms with Gasteiger partial charge in [-0.05, 0) is 67.7 Å². The molecule has 0 bridgehead atoms. The maximum atomic E-state index is 9.52. The van der Waals surface area contributed by atoms with Crippen LogP contribution in [0.2, 0.25) is 5.02 Å². The van der Waals surface area contributed by atoms with Crippen molar-refractivity contribution < 1.29 is 30.6 Å². The Hall–Kier alpha value is -2.64. The number of anilines is 5. The number of aromatic nitrogens is 2. The van der Waals surface area contributed by atoms with Crippen LogP contribution in [0.3, 0.4) is 0 Å². The lowest BCUT2D eigenvalue weighted by Crippen LogP contribution is -2.66. The first-order valence-electron chi connectivity index (χ1n) is 13.1. The van der Waals surface area contributed by atoms with Gasteiger partial charge in [0.25, 0.3) is 0 Å². The average molecular weight is 607 g/mol. The first kappa shape index (κ1) is 31.3. The van der Waals surface area contributed by atoms with Crippen molar-refractivity contribution in [3.8, 4) is 0 Å². The molecule has 0 radical (unpaired) electrons. The summed E-state index contributed by atoms with van der Waals surface area (Å²) < 4.78 is 0. The van der Waals surface area contributed by atoms with Gasteiger partial charge in [0.1, 0.15) is 5.02 Å². The standard InChI is InChI=1S/C27H36ClN6O6P/c1-4-17-15-19(33-13-11-18(12-14-33)34(26(35,36)37)27(38,39)40)9-10-21(17)31-25-29-16-20(28)24(32-25)30-22-7-5-6-8-23(22)41(2)3/h5-10,15-16,18,35-40H,4,11-14H2,1-3H3,(H2,29,30,31,32). The molecule has 0 spiro atoms. The van der Waals surface area contributed by atoms with E-state index in [1.165, 1.54) is 5.30 Å². The highest BCUT2D eigenvalue weighted by Crippen LogP contribution is 2.33. The topological polar surface area (TPSA) is 178 Å². The quantitative estimate of drug-likeness (QED) is 0.125. The minimum atomic E-state index is -3.61. The number of rotatable bonds is 10. The normalized spacial score (nSPS) is 15.1. The van der Waals surface area contributed by atoms with E-state index < -0.39 is 18.2 Å². The lowest BCUT2D eigenvalue weighted by Gasteiger charge is -2.44. The summed E-state index contributed by atoms with van der Waals surface area (Å²) >= 11 is 6.42. The van der Waals surface area contributed by atoms with Gasteiger partial charge in [-0.3, -0.25) is 0 Å². The molecule has 3 aromatic rings. The number of nitrogens with one attached hydrogen (secondary N) is 2. The third kappa shape index (κ3) is 7.61. The second kappa shape index (κ2) is 12.7. The van der Waals surface area contributed by atoms with Crippen LogP contribution in [0, 0.1) is 0 Å². The van der Waals surface area contributed by atoms with Crippen molar-refractivity contribution in [2.24, 2.45) is 0 Å². The summed E-state index contributed by atoms with van der Waals surface area (Å²) in [6.45, 7) is 7.20. The summed E-state index contributed by atoms with van der Waals surface area (Å²) in [4.78, 5) is 11.1. The number of nitrogens with zero attached hydrogens (tertiary/aromatic N) is 4. The van der Waals surface area contributed by atoms with Crippen molar-refractivity contribution in [2.75, 3.05) is 42.0 Å². The fraction of sp³-hybridized carbons (Fsp3) is 0.407. The van der Waals surface area contributed by atoms with E-state index in [4.69, 9.17) is 11.6 Å². The van der Waals surface area contributed by atoms with E-state index in [1.807, 2.05) is 48.2 Å². The van der Waals surface area contributed by atoms with Gasteiger partial charge in [0.15, 0.2) is 5.82 Å². The summed E-state index contributed by atoms with van der Waals surface area (Å²) in [6.07, 6.45) is -4.52. The van der Waals surface area contributed by atoms with Gasteiger partial charge in [-0.1, -0.05) is 44.6 Å². The minimum absolute atomic E-state index is 0.0550. The molecular weight excluding hydrogens is 571 g/mol. The molecule has 0 aliphatic carbocycles. The minimum Gasteiger partial charge on any atom is -0.371 e. The molecular formula is C27H36ClN6O6P. The van der Waals surface area contributed by atoms with Crippen LogP contribution < -0.4 is 20.8 Å². The SMILES string of the molecule is CCc1cc(N2CCC(N(C(O)(O)O)C(O)(O)O)CC2)ccc1Nc1ncc(Cl)c(Nc2ccccc2P(C)C)n1. The summed E-state index contributed by atoms with van der Waals surface area (Å²) in [5.41, 5.74) is 3.70. The Morgan fingerprint density at radius 2 is 1.63 bits per heavy atom. The smallest absolute Gasteiger partial charge is 0.352 e. The molecule has 4 rings (SSSR count). The van der Waals surface area contributed by atoms with Crippen molar-refractivity contribution in [2.45, 2.75) is 44.4 Å². The van der Waals surface area contributed by atoms with E-state index in [-0.39, 0.29) is 25.7 Å². The van der Waals surface area contributed by atoms with Crippen molar-refractivity contribution in [3.05, 3.63) is 59.2 Å². The van der Waals surface area contributed by atoms with Crippen LogP contribution in [0.1, 0.15) is 25.3 Å². The third-order valence-electron chi connectivity index (χ3n) is 6.94. The molecule has 1 fully saturated rings. The molecule has 222 valence electrons. The van der Waals surface area contributed by atoms with Crippen LogP contribution in [0.25, 0.3) is 0 Å². The zero-order valence-electron chi connectivity index (χ0n) is 23.0. The number of hydrogen-bond acceptors (Lipinski definition) is 12. The molecule has 0 unspecified atom stereocenters. The highest BCUT2D eigenvalue weighted by molar-refractivity contribution is 7.64. The molecule has 1 aliphatic rings. The molecule has 0 atom stereocenters. The summed E-state index contributed by atoms with van der Waals surface area (Å²) in [7, 11) is -0.339. The second-order valence-corrected chi connectivity index (χ2v) is 12.7. The van der Waals surface area contributed by atoms with Gasteiger partial charge in [-0.15, -0.1) is 4.90 Å². The number of para-hydroxylation sites is 1. The van der Waals surface area contributed by atoms with Crippen molar-refractivity contribution in [1.82, 2.24) is 14.9 Å². The van der Waals surface area contributed by atoms with E-state index in [0.29, 0.717) is 36.3 Å². The Labute approximate surface area is 244 Å². The van der Waals surface area contributed by atoms with E-state index in [1.54, 1.807) is 6.20 Å². The predicted octanol–water partition coefficient (Wildman–Crippen LogP) is 1.99. The number of hydrogen-bond donors (Lipinski definition) is 8. The summed E-state index contributed by atoms with van der Waals surface area (Å²) in [5.74, 6) is 0.879. The van der Waals surface area contributed by atoms with Gasteiger partial charge in [0.2, 0.25) is 5.95 Å². The Balaban J connectivity index is 1.48. The van der Waals surface area contributed by atoms with Crippen LogP contribution in [0.5, 0.6) is 0 Å². The molecule has 12 nitrogen and oxygen atoms in total. The molecule has 0 amide bonds. The van der Waals surface area contributed by atoms with Crippen LogP contribution in [0.4, 0.5) is 28.8 Å². The maximum Gasteiger partial charge on any atom is 0.352 e. The number of benzene rings is 2. The number of halogens is 1. The molecule has 1 saturated heterocycles. The highest BCUT2D eigenvalue weighted by atomic mass is 35.5. The molecule has 2 aromatic carbocycles. The van der Waals surface area contributed by atoms with Gasteiger partial charge in [-0.25, -0.2) is 4.98 Å². The first-order chi connectivity index (χ1) is 19.3. The van der Waals surface area contributed by atoms with Crippen LogP contribution in [-0.2, 0) is 6.42 Å². The van der Waals surface area contributed by atoms with E-state index in [9.17, 15) is 30.6 Å². The van der Waals surface area contributed by atoms with Crippen molar-refractivity contribution >= 4 is 53.7 Å². The zero-order valence-corrected chi connectivity index (χ0v) is 24.7. The van der Waals surface area contributed by atoms with E-state index >= 15 is 0 Å². The Bertz CT molecular complexity index is 1330. The van der Waals surface area contributed by atoms with Crippen LogP contribution in [-0.4, -0.2) is 90.2 Å². The zero-order chi connectivity index (χ0) is 29.9. The van der Waals surface area contributed by atoms with Crippen molar-refractivity contribution in [3.63, 3.8) is 0 Å². The van der Waals surface area contributed by atoms with Crippen LogP contribution >= 0.6 is 19.5 Å². The van der Waals surface area contributed by atoms with E-state index in [0.717, 1.165) is 22.6 Å². The van der Waals surface area contributed by atoms with Gasteiger partial charge in [-0.2, -0.15) is 4.98 Å². The maximum absolute atomic E-state index is 9.52. The lowest BCUT2D eigenvalue weighted by atomic mass is 10.0. The van der Waals surface area contributed by atoms with Crippen molar-refractivity contribution in [1.29, 1.82) is 0 Å². The summed E-state index contributed by atoms with van der Waals surface area (Å²) in [6, 6.07) is 13.0. The van der Waals surface area contributed by atoms with Crippen LogP contribution in [0.15, 0.2) is 48.7 Å². The lowest BCUT2D eigenvalue weighted by molar-refractivity contribution is -0.518. The monoisotopic (exact) mass is 606 g/mol. The Morgan fingerprint density at radius 3 is 2.24 bits per heavy atom. The highest BCUT2D eigenvalue weighted by Gasteiger charge is 2.49.